The van der Waals surface area contributed by atoms with Crippen LogP contribution in [0.5, 0.6) is 5.75 Å². The SMILES string of the molecule is CCC(C)C(=O)O[C@H]1[C@H](C)OC(=O)[C@@H](NC(=O)c2cccc(NC=O)c2OC)[C@@H](C)OC(=O)[C@@H]1CC. The van der Waals surface area contributed by atoms with Crippen molar-refractivity contribution in [2.45, 2.75) is 71.8 Å². The second-order valence-electron chi connectivity index (χ2n) is 8.61. The minimum atomic E-state index is -1.36. The van der Waals surface area contributed by atoms with E-state index >= 15 is 0 Å². The zero-order valence-electron chi connectivity index (χ0n) is 21.4. The minimum absolute atomic E-state index is 0.0374. The predicted octanol–water partition coefficient (Wildman–Crippen LogP) is 2.22. The van der Waals surface area contributed by atoms with Gasteiger partial charge in [-0.15, -0.1) is 0 Å². The number of para-hydroxylation sites is 1. The number of carbonyl (C=O) groups is 5. The second-order valence-corrected chi connectivity index (χ2v) is 8.61. The molecule has 6 atom stereocenters. The lowest BCUT2D eigenvalue weighted by Crippen LogP contribution is -2.50. The van der Waals surface area contributed by atoms with Crippen LogP contribution in [0, 0.1) is 11.8 Å². The van der Waals surface area contributed by atoms with Gasteiger partial charge in [-0.1, -0.05) is 26.8 Å². The van der Waals surface area contributed by atoms with Gasteiger partial charge in [-0.3, -0.25) is 19.2 Å². The summed E-state index contributed by atoms with van der Waals surface area (Å²) in [6.45, 7) is 8.25. The van der Waals surface area contributed by atoms with E-state index in [0.717, 1.165) is 0 Å². The van der Waals surface area contributed by atoms with E-state index in [1.54, 1.807) is 13.8 Å². The van der Waals surface area contributed by atoms with Gasteiger partial charge in [-0.25, -0.2) is 4.79 Å². The molecule has 1 unspecified atom stereocenters. The molecule has 36 heavy (non-hydrogen) atoms. The first-order chi connectivity index (χ1) is 17.1. The average Bonchev–Trinajstić information content (AvgIpc) is 2.87. The number of cyclic esters (lactones) is 2. The molecule has 2 rings (SSSR count). The van der Waals surface area contributed by atoms with E-state index in [0.29, 0.717) is 12.8 Å². The molecular weight excluding hydrogens is 472 g/mol. The maximum Gasteiger partial charge on any atom is 0.332 e. The van der Waals surface area contributed by atoms with Gasteiger partial charge in [0, 0.05) is 0 Å². The van der Waals surface area contributed by atoms with Crippen LogP contribution in [0.1, 0.15) is 57.8 Å². The number of anilines is 1. The molecule has 1 fully saturated rings. The number of nitrogens with one attached hydrogen (secondary N) is 2. The number of amides is 2. The van der Waals surface area contributed by atoms with Gasteiger partial charge < -0.3 is 29.6 Å². The van der Waals surface area contributed by atoms with Crippen LogP contribution in [-0.2, 0) is 33.4 Å². The highest BCUT2D eigenvalue weighted by molar-refractivity contribution is 6.01. The first-order valence-electron chi connectivity index (χ1n) is 11.9. The van der Waals surface area contributed by atoms with Gasteiger partial charge in [0.05, 0.1) is 30.2 Å². The van der Waals surface area contributed by atoms with Crippen LogP contribution in [0.25, 0.3) is 0 Å². The van der Waals surface area contributed by atoms with Gasteiger partial charge in [0.15, 0.2) is 17.9 Å². The van der Waals surface area contributed by atoms with E-state index in [4.69, 9.17) is 18.9 Å². The van der Waals surface area contributed by atoms with Crippen LogP contribution in [0.15, 0.2) is 18.2 Å². The summed E-state index contributed by atoms with van der Waals surface area (Å²) in [4.78, 5) is 62.6. The van der Waals surface area contributed by atoms with Crippen LogP contribution in [0.3, 0.4) is 0 Å². The molecule has 1 aliphatic heterocycles. The summed E-state index contributed by atoms with van der Waals surface area (Å²) >= 11 is 0. The zero-order chi connectivity index (χ0) is 27.0. The van der Waals surface area contributed by atoms with Gasteiger partial charge in [0.1, 0.15) is 12.2 Å². The Hall–Kier alpha value is -3.63. The number of ether oxygens (including phenoxy) is 4. The van der Waals surface area contributed by atoms with Crippen molar-refractivity contribution in [1.29, 1.82) is 0 Å². The molecule has 0 spiro atoms. The van der Waals surface area contributed by atoms with Gasteiger partial charge in [-0.05, 0) is 38.8 Å². The van der Waals surface area contributed by atoms with Gasteiger partial charge in [0.25, 0.3) is 5.91 Å². The molecule has 1 heterocycles. The molecule has 0 radical (unpaired) electrons. The van der Waals surface area contributed by atoms with Crippen molar-refractivity contribution in [1.82, 2.24) is 5.32 Å². The third-order valence-electron chi connectivity index (χ3n) is 6.16. The Morgan fingerprint density at radius 3 is 2.36 bits per heavy atom. The molecule has 0 bridgehead atoms. The Morgan fingerprint density at radius 2 is 1.78 bits per heavy atom. The molecule has 11 heteroatoms. The molecule has 1 saturated heterocycles. The molecule has 0 saturated carbocycles. The highest BCUT2D eigenvalue weighted by atomic mass is 16.6. The Kier molecular flexibility index (Phi) is 10.2. The standard InChI is InChI=1S/C25H34N2O9/c1-7-13(3)23(30)36-20-15(5)35-25(32)19(14(4)34-24(31)16(20)8-2)27-22(29)17-10-9-11-18(26-12-28)21(17)33-6/h9-16,19-20H,7-8H2,1-6H3,(H,26,28)(H,27,29)/t13?,14-,15+,16-,19+,20+/m1/s1. The number of rotatable bonds is 9. The van der Waals surface area contributed by atoms with Crippen LogP contribution < -0.4 is 15.4 Å². The van der Waals surface area contributed by atoms with E-state index in [1.165, 1.54) is 39.2 Å². The molecule has 0 aliphatic carbocycles. The molecule has 2 amide bonds. The molecule has 0 aromatic heterocycles. The lowest BCUT2D eigenvalue weighted by atomic mass is 9.95. The van der Waals surface area contributed by atoms with Crippen LogP contribution in [-0.4, -0.2) is 61.7 Å². The highest BCUT2D eigenvalue weighted by Gasteiger charge is 2.43. The van der Waals surface area contributed by atoms with E-state index in [-0.39, 0.29) is 23.4 Å². The van der Waals surface area contributed by atoms with Crippen molar-refractivity contribution in [2.24, 2.45) is 11.8 Å². The van der Waals surface area contributed by atoms with Crippen molar-refractivity contribution >= 4 is 35.9 Å². The number of carbonyl (C=O) groups excluding carboxylic acids is 5. The smallest absolute Gasteiger partial charge is 0.332 e. The Morgan fingerprint density at radius 1 is 1.11 bits per heavy atom. The van der Waals surface area contributed by atoms with Crippen molar-refractivity contribution < 1.29 is 42.9 Å². The molecular formula is C25H34N2O9. The lowest BCUT2D eigenvalue weighted by Gasteiger charge is -2.29. The molecule has 1 aromatic carbocycles. The molecule has 198 valence electrons. The second kappa shape index (κ2) is 12.9. The quantitative estimate of drug-likeness (QED) is 0.292. The Labute approximate surface area is 210 Å². The first-order valence-corrected chi connectivity index (χ1v) is 11.9. The summed E-state index contributed by atoms with van der Waals surface area (Å²) in [5, 5.41) is 4.97. The van der Waals surface area contributed by atoms with E-state index in [1.807, 2.05) is 6.92 Å². The average molecular weight is 507 g/mol. The fraction of sp³-hybridized carbons (Fsp3) is 0.560. The number of hydrogen-bond donors (Lipinski definition) is 2. The number of hydrogen-bond acceptors (Lipinski definition) is 9. The summed E-state index contributed by atoms with van der Waals surface area (Å²) < 4.78 is 22.0. The monoisotopic (exact) mass is 506 g/mol. The Balaban J connectivity index is 2.35. The number of benzene rings is 1. The summed E-state index contributed by atoms with van der Waals surface area (Å²) in [5.41, 5.74) is 0.289. The summed E-state index contributed by atoms with van der Waals surface area (Å²) in [6.07, 6.45) is -1.88. The lowest BCUT2D eigenvalue weighted by molar-refractivity contribution is -0.177. The third kappa shape index (κ3) is 6.52. The van der Waals surface area contributed by atoms with Crippen LogP contribution in [0.4, 0.5) is 5.69 Å². The Bertz CT molecular complexity index is 980. The maximum atomic E-state index is 13.1. The van der Waals surface area contributed by atoms with Crippen molar-refractivity contribution in [3.05, 3.63) is 23.8 Å². The topological polar surface area (TPSA) is 146 Å². The van der Waals surface area contributed by atoms with Crippen LogP contribution >= 0.6 is 0 Å². The van der Waals surface area contributed by atoms with E-state index in [9.17, 15) is 24.0 Å². The van der Waals surface area contributed by atoms with Gasteiger partial charge in [-0.2, -0.15) is 0 Å². The van der Waals surface area contributed by atoms with E-state index < -0.39 is 60.0 Å². The first kappa shape index (κ1) is 28.6. The molecule has 2 N–H and O–H groups in total. The number of methoxy groups -OCH3 is 1. The van der Waals surface area contributed by atoms with Gasteiger partial charge >= 0.3 is 17.9 Å². The number of esters is 3. The third-order valence-corrected chi connectivity index (χ3v) is 6.16. The summed E-state index contributed by atoms with van der Waals surface area (Å²) in [6, 6.07) is 3.15. The van der Waals surface area contributed by atoms with Crippen molar-refractivity contribution in [3.63, 3.8) is 0 Å². The molecule has 1 aromatic rings. The fourth-order valence-electron chi connectivity index (χ4n) is 3.82. The summed E-state index contributed by atoms with van der Waals surface area (Å²) in [7, 11) is 1.33. The maximum absolute atomic E-state index is 13.1. The predicted molar refractivity (Wildman–Crippen MR) is 128 cm³/mol. The fourth-order valence-corrected chi connectivity index (χ4v) is 3.82. The zero-order valence-corrected chi connectivity index (χ0v) is 21.4. The molecule has 1 aliphatic rings. The largest absolute Gasteiger partial charge is 0.494 e. The highest BCUT2D eigenvalue weighted by Crippen LogP contribution is 2.29. The minimum Gasteiger partial charge on any atom is -0.494 e. The van der Waals surface area contributed by atoms with Crippen LogP contribution in [0.2, 0.25) is 0 Å². The normalized spacial score (nSPS) is 25.1. The van der Waals surface area contributed by atoms with Crippen molar-refractivity contribution in [2.75, 3.05) is 12.4 Å². The van der Waals surface area contributed by atoms with E-state index in [2.05, 4.69) is 10.6 Å². The van der Waals surface area contributed by atoms with Crippen molar-refractivity contribution in [3.8, 4) is 5.75 Å². The van der Waals surface area contributed by atoms with Gasteiger partial charge in [0.2, 0.25) is 6.41 Å². The summed E-state index contributed by atoms with van der Waals surface area (Å²) in [5.74, 6) is -3.96. The molecule has 11 nitrogen and oxygen atoms in total.